The summed E-state index contributed by atoms with van der Waals surface area (Å²) in [6.07, 6.45) is 6.51. The Hall–Kier alpha value is -0.930. The fourth-order valence-corrected chi connectivity index (χ4v) is 2.37. The second kappa shape index (κ2) is 4.93. The summed E-state index contributed by atoms with van der Waals surface area (Å²) in [7, 11) is 4.24. The van der Waals surface area contributed by atoms with Crippen LogP contribution in [0.15, 0.2) is 24.5 Å². The highest BCUT2D eigenvalue weighted by atomic mass is 15.1. The molecule has 0 spiro atoms. The molecule has 1 aliphatic rings. The van der Waals surface area contributed by atoms with Crippen LogP contribution in [-0.2, 0) is 6.54 Å². The van der Waals surface area contributed by atoms with Gasteiger partial charge >= 0.3 is 0 Å². The van der Waals surface area contributed by atoms with E-state index in [0.717, 1.165) is 13.1 Å². The van der Waals surface area contributed by atoms with Gasteiger partial charge in [0.25, 0.3) is 0 Å². The zero-order chi connectivity index (χ0) is 11.4. The fraction of sp³-hybridized carbons (Fsp3) is 0.615. The molecule has 2 rings (SSSR count). The van der Waals surface area contributed by atoms with Crippen LogP contribution < -0.4 is 5.32 Å². The van der Waals surface area contributed by atoms with Crippen LogP contribution in [0.2, 0.25) is 0 Å². The number of aromatic nitrogens is 1. The lowest BCUT2D eigenvalue weighted by Crippen LogP contribution is -2.32. The highest BCUT2D eigenvalue weighted by Crippen LogP contribution is 2.45. The minimum Gasteiger partial charge on any atom is -0.319 e. The van der Waals surface area contributed by atoms with Gasteiger partial charge in [0.05, 0.1) is 0 Å². The molecular weight excluding hydrogens is 198 g/mol. The van der Waals surface area contributed by atoms with Crippen molar-refractivity contribution in [2.45, 2.75) is 19.4 Å². The number of rotatable bonds is 6. The Labute approximate surface area is 97.9 Å². The van der Waals surface area contributed by atoms with E-state index in [1.165, 1.54) is 24.9 Å². The van der Waals surface area contributed by atoms with E-state index in [2.05, 4.69) is 28.3 Å². The summed E-state index contributed by atoms with van der Waals surface area (Å²) in [6.45, 7) is 3.33. The molecule has 1 saturated carbocycles. The zero-order valence-electron chi connectivity index (χ0n) is 10.2. The van der Waals surface area contributed by atoms with Crippen LogP contribution in [0.1, 0.15) is 18.4 Å². The van der Waals surface area contributed by atoms with Gasteiger partial charge in [0, 0.05) is 32.0 Å². The first-order valence-corrected chi connectivity index (χ1v) is 5.96. The Bertz CT molecular complexity index is 319. The highest BCUT2D eigenvalue weighted by Gasteiger charge is 2.42. The maximum absolute atomic E-state index is 4.15. The predicted octanol–water partition coefficient (Wildman–Crippen LogP) is 1.51. The topological polar surface area (TPSA) is 28.2 Å². The van der Waals surface area contributed by atoms with Crippen molar-refractivity contribution < 1.29 is 0 Å². The zero-order valence-corrected chi connectivity index (χ0v) is 10.2. The Morgan fingerprint density at radius 1 is 1.50 bits per heavy atom. The van der Waals surface area contributed by atoms with Crippen LogP contribution in [0.4, 0.5) is 0 Å². The van der Waals surface area contributed by atoms with Crippen molar-refractivity contribution in [2.75, 3.05) is 27.2 Å². The minimum absolute atomic E-state index is 0.547. The summed E-state index contributed by atoms with van der Waals surface area (Å²) in [5.74, 6) is 0. The lowest BCUT2D eigenvalue weighted by atomic mass is 10.1. The van der Waals surface area contributed by atoms with E-state index in [-0.39, 0.29) is 0 Å². The van der Waals surface area contributed by atoms with Gasteiger partial charge in [-0.3, -0.25) is 4.98 Å². The quantitative estimate of drug-likeness (QED) is 0.786. The van der Waals surface area contributed by atoms with Crippen molar-refractivity contribution in [3.05, 3.63) is 30.1 Å². The molecule has 1 N–H and O–H groups in total. The van der Waals surface area contributed by atoms with E-state index in [4.69, 9.17) is 0 Å². The summed E-state index contributed by atoms with van der Waals surface area (Å²) in [4.78, 5) is 6.55. The second-order valence-corrected chi connectivity index (χ2v) is 5.06. The van der Waals surface area contributed by atoms with E-state index < -0.39 is 0 Å². The molecule has 0 radical (unpaired) electrons. The summed E-state index contributed by atoms with van der Waals surface area (Å²) < 4.78 is 0. The van der Waals surface area contributed by atoms with Crippen molar-refractivity contribution in [3.8, 4) is 0 Å². The first kappa shape index (κ1) is 11.6. The maximum atomic E-state index is 4.15. The minimum atomic E-state index is 0.547. The number of nitrogens with zero attached hydrogens (tertiary/aromatic N) is 2. The van der Waals surface area contributed by atoms with Crippen LogP contribution in [0.25, 0.3) is 0 Å². The Kier molecular flexibility index (Phi) is 3.56. The van der Waals surface area contributed by atoms with Crippen LogP contribution in [0, 0.1) is 5.41 Å². The molecular formula is C13H21N3. The van der Waals surface area contributed by atoms with Crippen molar-refractivity contribution in [3.63, 3.8) is 0 Å². The molecule has 1 aliphatic carbocycles. The molecule has 1 fully saturated rings. The Morgan fingerprint density at radius 3 is 2.88 bits per heavy atom. The van der Waals surface area contributed by atoms with E-state index in [1.807, 2.05) is 25.5 Å². The van der Waals surface area contributed by atoms with Crippen molar-refractivity contribution >= 4 is 0 Å². The molecule has 3 nitrogen and oxygen atoms in total. The molecule has 0 aromatic carbocycles. The second-order valence-electron chi connectivity index (χ2n) is 5.06. The predicted molar refractivity (Wildman–Crippen MR) is 66.2 cm³/mol. The van der Waals surface area contributed by atoms with Crippen LogP contribution in [-0.4, -0.2) is 37.1 Å². The molecule has 0 saturated heterocycles. The number of pyridine rings is 1. The molecule has 3 heteroatoms. The third-order valence-corrected chi connectivity index (χ3v) is 3.29. The summed E-state index contributed by atoms with van der Waals surface area (Å²) in [5.41, 5.74) is 1.84. The SMILES string of the molecule is CNCC1(CN(C)Cc2cccnc2)CC1. The van der Waals surface area contributed by atoms with Gasteiger partial charge in [0.2, 0.25) is 0 Å². The van der Waals surface area contributed by atoms with E-state index in [1.54, 1.807) is 0 Å². The normalized spacial score (nSPS) is 17.7. The summed E-state index contributed by atoms with van der Waals surface area (Å²) in [5, 5.41) is 3.30. The monoisotopic (exact) mass is 219 g/mol. The lowest BCUT2D eigenvalue weighted by molar-refractivity contribution is 0.252. The molecule has 0 unspecified atom stereocenters. The van der Waals surface area contributed by atoms with Crippen LogP contribution in [0.5, 0.6) is 0 Å². The molecule has 0 amide bonds. The van der Waals surface area contributed by atoms with Gasteiger partial charge in [-0.25, -0.2) is 0 Å². The van der Waals surface area contributed by atoms with E-state index in [9.17, 15) is 0 Å². The Morgan fingerprint density at radius 2 is 2.31 bits per heavy atom. The summed E-state index contributed by atoms with van der Waals surface area (Å²) >= 11 is 0. The Balaban J connectivity index is 1.83. The number of nitrogens with one attached hydrogen (secondary N) is 1. The molecule has 0 atom stereocenters. The molecule has 0 bridgehead atoms. The van der Waals surface area contributed by atoms with Crippen molar-refractivity contribution in [1.29, 1.82) is 0 Å². The standard InChI is InChI=1S/C13H21N3/c1-14-10-13(5-6-13)11-16(2)9-12-4-3-7-15-8-12/h3-4,7-8,14H,5-6,9-11H2,1-2H3. The van der Waals surface area contributed by atoms with Crippen LogP contribution in [0.3, 0.4) is 0 Å². The largest absolute Gasteiger partial charge is 0.319 e. The van der Waals surface area contributed by atoms with Crippen molar-refractivity contribution in [2.24, 2.45) is 5.41 Å². The summed E-state index contributed by atoms with van der Waals surface area (Å²) in [6, 6.07) is 4.14. The van der Waals surface area contributed by atoms with Gasteiger partial charge in [-0.05, 0) is 44.0 Å². The molecule has 0 aliphatic heterocycles. The first-order chi connectivity index (χ1) is 7.74. The fourth-order valence-electron chi connectivity index (χ4n) is 2.37. The molecule has 1 aromatic heterocycles. The lowest BCUT2D eigenvalue weighted by Gasteiger charge is -2.23. The third-order valence-electron chi connectivity index (χ3n) is 3.29. The van der Waals surface area contributed by atoms with Gasteiger partial charge < -0.3 is 10.2 Å². The first-order valence-electron chi connectivity index (χ1n) is 5.96. The van der Waals surface area contributed by atoms with E-state index >= 15 is 0 Å². The smallest absolute Gasteiger partial charge is 0.0312 e. The molecule has 1 heterocycles. The average molecular weight is 219 g/mol. The maximum Gasteiger partial charge on any atom is 0.0312 e. The molecule has 1 aromatic rings. The molecule has 88 valence electrons. The van der Waals surface area contributed by atoms with Gasteiger partial charge in [0.15, 0.2) is 0 Å². The third kappa shape index (κ3) is 3.03. The van der Waals surface area contributed by atoms with Crippen molar-refractivity contribution in [1.82, 2.24) is 15.2 Å². The van der Waals surface area contributed by atoms with E-state index in [0.29, 0.717) is 5.41 Å². The van der Waals surface area contributed by atoms with Gasteiger partial charge in [0.1, 0.15) is 0 Å². The van der Waals surface area contributed by atoms with Gasteiger partial charge in [-0.15, -0.1) is 0 Å². The van der Waals surface area contributed by atoms with Gasteiger partial charge in [-0.2, -0.15) is 0 Å². The number of hydrogen-bond acceptors (Lipinski definition) is 3. The highest BCUT2D eigenvalue weighted by molar-refractivity contribution is 5.08. The number of hydrogen-bond donors (Lipinski definition) is 1. The average Bonchev–Trinajstić information content (AvgIpc) is 2.99. The molecule has 16 heavy (non-hydrogen) atoms. The van der Waals surface area contributed by atoms with Gasteiger partial charge in [-0.1, -0.05) is 6.07 Å². The van der Waals surface area contributed by atoms with Crippen LogP contribution >= 0.6 is 0 Å².